The van der Waals surface area contributed by atoms with Gasteiger partial charge in [0.25, 0.3) is 0 Å². The van der Waals surface area contributed by atoms with Gasteiger partial charge < -0.3 is 23.8 Å². The Balaban J connectivity index is 1.17. The maximum atomic E-state index is 7.87. The van der Waals surface area contributed by atoms with Crippen molar-refractivity contribution in [3.8, 4) is 22.6 Å². The fourth-order valence-electron chi connectivity index (χ4n) is 11.2. The van der Waals surface area contributed by atoms with Crippen LogP contribution in [-0.4, -0.2) is 40.5 Å². The highest BCUT2D eigenvalue weighted by Crippen LogP contribution is 2.67. The van der Waals surface area contributed by atoms with Crippen LogP contribution < -0.4 is 14.4 Å². The third-order valence-corrected chi connectivity index (χ3v) is 13.7. The molecule has 6 aromatic rings. The number of nitrogens with zero attached hydrogens (tertiary/aromatic N) is 1. The number of rotatable bonds is 5. The van der Waals surface area contributed by atoms with Crippen molar-refractivity contribution in [2.75, 3.05) is 45.4 Å². The van der Waals surface area contributed by atoms with Gasteiger partial charge in [-0.3, -0.25) is 0 Å². The van der Waals surface area contributed by atoms with E-state index in [0.29, 0.717) is 0 Å². The highest BCUT2D eigenvalue weighted by molar-refractivity contribution is 6.18. The van der Waals surface area contributed by atoms with Crippen LogP contribution in [0, 0.1) is 0 Å². The smallest absolute Gasteiger partial charge is 0.174 e. The van der Waals surface area contributed by atoms with Gasteiger partial charge in [-0.25, -0.2) is 0 Å². The minimum atomic E-state index is -0.789. The van der Waals surface area contributed by atoms with E-state index in [9.17, 15) is 0 Å². The summed E-state index contributed by atoms with van der Waals surface area (Å²) in [7, 11) is 3.57. The monoisotopic (exact) mass is 745 g/mol. The van der Waals surface area contributed by atoms with Gasteiger partial charge in [-0.05, 0) is 122 Å². The largest absolute Gasteiger partial charge is 0.501 e. The predicted octanol–water partition coefficient (Wildman–Crippen LogP) is 11.0. The molecule has 0 aromatic heterocycles. The molecule has 0 saturated carbocycles. The summed E-state index contributed by atoms with van der Waals surface area (Å²) in [6.07, 6.45) is 17.4. The average molecular weight is 746 g/mol. The fraction of sp³-hybridized carbons (Fsp3) is 0.231. The lowest BCUT2D eigenvalue weighted by molar-refractivity contribution is 0.122. The summed E-state index contributed by atoms with van der Waals surface area (Å²) in [6.45, 7) is 3.31. The van der Waals surface area contributed by atoms with Crippen molar-refractivity contribution in [2.45, 2.75) is 36.7 Å². The fourth-order valence-corrected chi connectivity index (χ4v) is 11.2. The van der Waals surface area contributed by atoms with Crippen LogP contribution in [0.15, 0.2) is 127 Å². The predicted molar refractivity (Wildman–Crippen MR) is 229 cm³/mol. The molecule has 12 rings (SSSR count). The number of allylic oxidation sites excluding steroid dienone is 4. The van der Waals surface area contributed by atoms with E-state index in [1.165, 1.54) is 71.7 Å². The molecule has 5 heteroatoms. The molecule has 6 aromatic carbocycles. The van der Waals surface area contributed by atoms with Crippen LogP contribution in [0.5, 0.6) is 11.5 Å². The topological polar surface area (TPSA) is 40.2 Å². The van der Waals surface area contributed by atoms with Gasteiger partial charge in [-0.2, -0.15) is 0 Å². The summed E-state index contributed by atoms with van der Waals surface area (Å²) in [5.74, 6) is 2.78. The Hall–Kier alpha value is -6.04. The molecule has 5 nitrogen and oxygen atoms in total. The highest BCUT2D eigenvalue weighted by Gasteiger charge is 2.55. The lowest BCUT2D eigenvalue weighted by Gasteiger charge is -2.42. The van der Waals surface area contributed by atoms with Crippen LogP contribution >= 0.6 is 0 Å². The van der Waals surface area contributed by atoms with E-state index in [2.05, 4.69) is 132 Å². The molecule has 6 aliphatic rings. The second-order valence-corrected chi connectivity index (χ2v) is 16.2. The minimum Gasteiger partial charge on any atom is -0.501 e. The van der Waals surface area contributed by atoms with Crippen molar-refractivity contribution in [3.63, 3.8) is 0 Å². The van der Waals surface area contributed by atoms with Gasteiger partial charge in [0.15, 0.2) is 5.60 Å². The van der Waals surface area contributed by atoms with E-state index in [0.717, 1.165) is 85.9 Å². The molecular weight excluding hydrogens is 703 g/mol. The lowest BCUT2D eigenvalue weighted by Crippen LogP contribution is -2.38. The Morgan fingerprint density at radius 1 is 0.737 bits per heavy atom. The van der Waals surface area contributed by atoms with Crippen LogP contribution in [0.4, 0.5) is 5.69 Å². The molecule has 57 heavy (non-hydrogen) atoms. The molecule has 2 aliphatic heterocycles. The average Bonchev–Trinajstić information content (AvgIpc) is 3.77. The van der Waals surface area contributed by atoms with Crippen LogP contribution in [0.3, 0.4) is 0 Å². The molecule has 0 amide bonds. The Kier molecular flexibility index (Phi) is 7.11. The Morgan fingerprint density at radius 2 is 1.51 bits per heavy atom. The Labute approximate surface area is 333 Å². The number of hydrogen-bond acceptors (Lipinski definition) is 5. The first-order chi connectivity index (χ1) is 28.1. The summed E-state index contributed by atoms with van der Waals surface area (Å²) >= 11 is 0. The molecule has 4 aliphatic carbocycles. The quantitative estimate of drug-likeness (QED) is 0.164. The third kappa shape index (κ3) is 4.38. The number of fused-ring (bicyclic) bond motifs is 12. The lowest BCUT2D eigenvalue weighted by atomic mass is 9.67. The van der Waals surface area contributed by atoms with Crippen molar-refractivity contribution in [1.29, 1.82) is 0 Å². The number of methoxy groups -OCH3 is 2. The molecule has 1 fully saturated rings. The summed E-state index contributed by atoms with van der Waals surface area (Å²) in [5.41, 5.74) is 13.7. The number of anilines is 1. The molecule has 1 atom stereocenters. The minimum absolute atomic E-state index is 0.577. The van der Waals surface area contributed by atoms with E-state index in [4.69, 9.17) is 18.9 Å². The summed E-state index contributed by atoms with van der Waals surface area (Å²) < 4.78 is 25.6. The number of ether oxygens (including phenoxy) is 4. The number of morpholine rings is 1. The summed E-state index contributed by atoms with van der Waals surface area (Å²) in [4.78, 5) is 2.42. The maximum Gasteiger partial charge on any atom is 0.174 e. The van der Waals surface area contributed by atoms with Gasteiger partial charge in [0, 0.05) is 41.9 Å². The first-order valence-corrected chi connectivity index (χ1v) is 20.4. The van der Waals surface area contributed by atoms with Crippen molar-refractivity contribution < 1.29 is 18.9 Å². The third-order valence-electron chi connectivity index (χ3n) is 13.7. The van der Waals surface area contributed by atoms with Crippen molar-refractivity contribution in [2.24, 2.45) is 0 Å². The standard InChI is InChI=1S/C52H43NO4/c1-54-37-20-22-39-42(30-37)50-41(24-25-51(57-50,34-10-4-3-5-11-34)35-16-18-36(19-17-35)53-26-28-56-29-27-53)49-48(39)40-23-21-38(55-2)31-45(40)52(49)43-12-6-8-32-14-15-33-9-7-13-44(52)47(33)46(32)43/h3-4,6-10,12-19,21,23-25,30-31H,5,11,20,22,26-29H2,1-2H3. The highest BCUT2D eigenvalue weighted by atomic mass is 16.5. The van der Waals surface area contributed by atoms with E-state index in [1.54, 1.807) is 14.2 Å². The number of benzene rings is 6. The SMILES string of the molecule is COC1=Cc2c(c3c(c4c2OC(C2=CC=CCC2)(c2ccc(N5CCOCC5)cc2)C=C4)C2(c4cc(OC)ccc4-3)c3cccc4ccc5cccc2c5c34)CC1. The molecular formula is C52H43NO4. The van der Waals surface area contributed by atoms with Crippen molar-refractivity contribution >= 4 is 39.4 Å². The maximum absolute atomic E-state index is 7.87. The first kappa shape index (κ1) is 33.1. The van der Waals surface area contributed by atoms with Crippen molar-refractivity contribution in [3.05, 3.63) is 171 Å². The van der Waals surface area contributed by atoms with E-state index >= 15 is 0 Å². The van der Waals surface area contributed by atoms with Crippen LogP contribution in [-0.2, 0) is 26.9 Å². The Bertz CT molecular complexity index is 2770. The van der Waals surface area contributed by atoms with Crippen LogP contribution in [0.25, 0.3) is 44.8 Å². The first-order valence-electron chi connectivity index (χ1n) is 20.4. The molecule has 0 N–H and O–H groups in total. The Morgan fingerprint density at radius 3 is 2.21 bits per heavy atom. The van der Waals surface area contributed by atoms with Gasteiger partial charge in [0.2, 0.25) is 0 Å². The van der Waals surface area contributed by atoms with Gasteiger partial charge in [-0.1, -0.05) is 91.0 Å². The molecule has 1 saturated heterocycles. The van der Waals surface area contributed by atoms with E-state index < -0.39 is 11.0 Å². The summed E-state index contributed by atoms with van der Waals surface area (Å²) in [5, 5.41) is 5.22. The van der Waals surface area contributed by atoms with Gasteiger partial charge in [-0.15, -0.1) is 0 Å². The van der Waals surface area contributed by atoms with Crippen LogP contribution in [0.1, 0.15) is 63.8 Å². The normalized spacial score (nSPS) is 20.6. The molecule has 0 bridgehead atoms. The molecule has 280 valence electrons. The molecule has 1 unspecified atom stereocenters. The van der Waals surface area contributed by atoms with E-state index in [1.807, 2.05) is 0 Å². The van der Waals surface area contributed by atoms with Gasteiger partial charge in [0.1, 0.15) is 11.5 Å². The van der Waals surface area contributed by atoms with Crippen molar-refractivity contribution in [1.82, 2.24) is 0 Å². The van der Waals surface area contributed by atoms with Gasteiger partial charge >= 0.3 is 0 Å². The second-order valence-electron chi connectivity index (χ2n) is 16.2. The van der Waals surface area contributed by atoms with Crippen LogP contribution in [0.2, 0.25) is 0 Å². The zero-order chi connectivity index (χ0) is 37.9. The summed E-state index contributed by atoms with van der Waals surface area (Å²) in [6, 6.07) is 34.2. The molecule has 0 radical (unpaired) electrons. The molecule has 2 heterocycles. The molecule has 1 spiro atoms. The second kappa shape index (κ2) is 12.2. The zero-order valence-electron chi connectivity index (χ0n) is 32.4. The zero-order valence-corrected chi connectivity index (χ0v) is 32.4. The van der Waals surface area contributed by atoms with E-state index in [-0.39, 0.29) is 0 Å². The number of hydrogen-bond donors (Lipinski definition) is 0. The van der Waals surface area contributed by atoms with Gasteiger partial charge in [0.05, 0.1) is 38.6 Å².